The average molecular weight is 451 g/mol. The fourth-order valence-corrected chi connectivity index (χ4v) is 3.19. The van der Waals surface area contributed by atoms with E-state index in [1.165, 1.54) is 23.9 Å². The number of nitrogens with one attached hydrogen (secondary N) is 1. The van der Waals surface area contributed by atoms with Crippen LogP contribution in [0.3, 0.4) is 0 Å². The predicted molar refractivity (Wildman–Crippen MR) is 103 cm³/mol. The second-order valence-corrected chi connectivity index (χ2v) is 7.09. The van der Waals surface area contributed by atoms with Crippen molar-refractivity contribution in [1.82, 2.24) is 5.32 Å². The van der Waals surface area contributed by atoms with Crippen LogP contribution in [0.1, 0.15) is 5.56 Å². The van der Waals surface area contributed by atoms with Crippen molar-refractivity contribution in [1.29, 1.82) is 0 Å². The van der Waals surface area contributed by atoms with Gasteiger partial charge < -0.3 is 5.32 Å². The van der Waals surface area contributed by atoms with E-state index in [2.05, 4.69) is 32.9 Å². The van der Waals surface area contributed by atoms with Crippen molar-refractivity contribution in [2.24, 2.45) is 4.99 Å². The summed E-state index contributed by atoms with van der Waals surface area (Å²) in [6.07, 6.45) is 1.61. The van der Waals surface area contributed by atoms with E-state index in [1.54, 1.807) is 18.2 Å². The molecule has 0 aliphatic carbocycles. The Kier molecular flexibility index (Phi) is 4.95. The van der Waals surface area contributed by atoms with Crippen LogP contribution in [-0.4, -0.2) is 16.0 Å². The molecule has 0 aromatic heterocycles. The van der Waals surface area contributed by atoms with Crippen molar-refractivity contribution in [3.63, 3.8) is 0 Å². The van der Waals surface area contributed by atoms with Crippen LogP contribution < -0.4 is 5.32 Å². The van der Waals surface area contributed by atoms with Gasteiger partial charge in [0.25, 0.3) is 11.6 Å². The highest BCUT2D eigenvalue weighted by molar-refractivity contribution is 14.1. The van der Waals surface area contributed by atoms with Crippen LogP contribution in [0.15, 0.2) is 58.4 Å². The van der Waals surface area contributed by atoms with Crippen molar-refractivity contribution in [3.05, 3.63) is 72.7 Å². The fraction of sp³-hybridized carbons (Fsp3) is 0. The first kappa shape index (κ1) is 16.7. The fourth-order valence-electron chi connectivity index (χ4n) is 1.99. The molecule has 0 unspecified atom stereocenters. The van der Waals surface area contributed by atoms with Gasteiger partial charge in [0, 0.05) is 15.7 Å². The largest absolute Gasteiger partial charge is 0.300 e. The number of nitro benzene ring substituents is 1. The molecule has 1 aliphatic rings. The maximum atomic E-state index is 12.0. The van der Waals surface area contributed by atoms with E-state index >= 15 is 0 Å². The lowest BCUT2D eigenvalue weighted by molar-refractivity contribution is -0.384. The van der Waals surface area contributed by atoms with Crippen LogP contribution in [0, 0.1) is 13.7 Å². The zero-order valence-corrected chi connectivity index (χ0v) is 15.1. The summed E-state index contributed by atoms with van der Waals surface area (Å²) in [5.41, 5.74) is 1.33. The molecule has 1 saturated heterocycles. The SMILES string of the molecule is O=C1NC(=Nc2ccc(I)cc2)S/C1=C/c1cccc([N+](=O)[O-])c1. The zero-order chi connectivity index (χ0) is 17.1. The molecule has 120 valence electrons. The average Bonchev–Trinajstić information content (AvgIpc) is 2.89. The summed E-state index contributed by atoms with van der Waals surface area (Å²) in [6, 6.07) is 13.7. The summed E-state index contributed by atoms with van der Waals surface area (Å²) in [7, 11) is 0. The zero-order valence-electron chi connectivity index (χ0n) is 12.1. The van der Waals surface area contributed by atoms with Gasteiger partial charge in [-0.15, -0.1) is 0 Å². The van der Waals surface area contributed by atoms with E-state index in [1.807, 2.05) is 24.3 Å². The maximum absolute atomic E-state index is 12.0. The lowest BCUT2D eigenvalue weighted by Crippen LogP contribution is -2.19. The van der Waals surface area contributed by atoms with Gasteiger partial charge in [0.1, 0.15) is 0 Å². The lowest BCUT2D eigenvalue weighted by Gasteiger charge is -1.96. The normalized spacial score (nSPS) is 17.3. The number of hydrogen-bond donors (Lipinski definition) is 1. The van der Waals surface area contributed by atoms with Gasteiger partial charge in [0.2, 0.25) is 0 Å². The molecule has 1 amide bonds. The molecule has 24 heavy (non-hydrogen) atoms. The highest BCUT2D eigenvalue weighted by atomic mass is 127. The molecular formula is C16H10IN3O3S. The van der Waals surface area contributed by atoms with Crippen molar-refractivity contribution < 1.29 is 9.72 Å². The first-order valence-corrected chi connectivity index (χ1v) is 8.70. The topological polar surface area (TPSA) is 84.6 Å². The van der Waals surface area contributed by atoms with Gasteiger partial charge in [0.05, 0.1) is 15.5 Å². The number of amidine groups is 1. The van der Waals surface area contributed by atoms with Crippen LogP contribution in [0.4, 0.5) is 11.4 Å². The number of benzene rings is 2. The third-order valence-electron chi connectivity index (χ3n) is 3.09. The standard InChI is InChI=1S/C16H10IN3O3S/c17-11-4-6-12(7-5-11)18-16-19-15(21)14(24-16)9-10-2-1-3-13(8-10)20(22)23/h1-9H,(H,18,19,21)/b14-9+. The number of aliphatic imine (C=N–C) groups is 1. The lowest BCUT2D eigenvalue weighted by atomic mass is 10.2. The highest BCUT2D eigenvalue weighted by Crippen LogP contribution is 2.28. The Bertz CT molecular complexity index is 878. The molecule has 2 aromatic rings. The van der Waals surface area contributed by atoms with Gasteiger partial charge in [-0.25, -0.2) is 4.99 Å². The Morgan fingerprint density at radius 3 is 2.67 bits per heavy atom. The Labute approximate surface area is 155 Å². The minimum atomic E-state index is -0.465. The minimum Gasteiger partial charge on any atom is -0.300 e. The Morgan fingerprint density at radius 1 is 1.21 bits per heavy atom. The van der Waals surface area contributed by atoms with E-state index in [0.29, 0.717) is 15.6 Å². The number of carbonyl (C=O) groups is 1. The molecule has 1 heterocycles. The number of amides is 1. The highest BCUT2D eigenvalue weighted by Gasteiger charge is 2.24. The van der Waals surface area contributed by atoms with Crippen molar-refractivity contribution in [2.75, 3.05) is 0 Å². The molecule has 2 aromatic carbocycles. The number of non-ortho nitro benzene ring substituents is 1. The van der Waals surface area contributed by atoms with E-state index in [4.69, 9.17) is 0 Å². The third kappa shape index (κ3) is 4.01. The molecule has 6 nitrogen and oxygen atoms in total. The van der Waals surface area contributed by atoms with Gasteiger partial charge in [-0.05, 0) is 70.3 Å². The molecule has 1 aliphatic heterocycles. The molecule has 1 N–H and O–H groups in total. The van der Waals surface area contributed by atoms with Gasteiger partial charge in [-0.3, -0.25) is 14.9 Å². The Morgan fingerprint density at radius 2 is 1.96 bits per heavy atom. The molecule has 1 fully saturated rings. The number of nitro groups is 1. The Hall–Kier alpha value is -2.20. The van der Waals surface area contributed by atoms with Crippen molar-refractivity contribution >= 4 is 62.9 Å². The third-order valence-corrected chi connectivity index (χ3v) is 4.72. The van der Waals surface area contributed by atoms with Crippen LogP contribution in [0.25, 0.3) is 6.08 Å². The monoisotopic (exact) mass is 451 g/mol. The van der Waals surface area contributed by atoms with E-state index in [9.17, 15) is 14.9 Å². The van der Waals surface area contributed by atoms with Crippen LogP contribution in [-0.2, 0) is 4.79 Å². The number of carbonyl (C=O) groups excluding carboxylic acids is 1. The summed E-state index contributed by atoms with van der Waals surface area (Å²) in [5.74, 6) is -0.268. The van der Waals surface area contributed by atoms with Crippen molar-refractivity contribution in [2.45, 2.75) is 0 Å². The van der Waals surface area contributed by atoms with Gasteiger partial charge >= 0.3 is 0 Å². The smallest absolute Gasteiger partial charge is 0.270 e. The summed E-state index contributed by atoms with van der Waals surface area (Å²) < 4.78 is 1.10. The molecule has 0 spiro atoms. The number of thioether (sulfide) groups is 1. The van der Waals surface area contributed by atoms with Gasteiger partial charge in [-0.2, -0.15) is 0 Å². The van der Waals surface area contributed by atoms with Crippen LogP contribution in [0.2, 0.25) is 0 Å². The van der Waals surface area contributed by atoms with Crippen molar-refractivity contribution in [3.8, 4) is 0 Å². The number of nitrogens with zero attached hydrogens (tertiary/aromatic N) is 2. The minimum absolute atomic E-state index is 0.0134. The van der Waals surface area contributed by atoms with E-state index in [0.717, 1.165) is 9.26 Å². The van der Waals surface area contributed by atoms with E-state index in [-0.39, 0.29) is 11.6 Å². The second kappa shape index (κ2) is 7.14. The molecule has 3 rings (SSSR count). The van der Waals surface area contributed by atoms with Gasteiger partial charge in [-0.1, -0.05) is 12.1 Å². The first-order chi connectivity index (χ1) is 11.5. The Balaban J connectivity index is 1.83. The quantitative estimate of drug-likeness (QED) is 0.330. The summed E-state index contributed by atoms with van der Waals surface area (Å²) in [5, 5.41) is 14.0. The molecule has 0 saturated carbocycles. The number of rotatable bonds is 3. The molecular weight excluding hydrogens is 441 g/mol. The maximum Gasteiger partial charge on any atom is 0.270 e. The summed E-state index contributed by atoms with van der Waals surface area (Å²) >= 11 is 3.41. The summed E-state index contributed by atoms with van der Waals surface area (Å²) in [4.78, 5) is 27.2. The molecule has 0 atom stereocenters. The predicted octanol–water partition coefficient (Wildman–Crippen LogP) is 4.09. The first-order valence-electron chi connectivity index (χ1n) is 6.81. The van der Waals surface area contributed by atoms with E-state index < -0.39 is 4.92 Å². The van der Waals surface area contributed by atoms with Gasteiger partial charge in [0.15, 0.2) is 5.17 Å². The second-order valence-electron chi connectivity index (χ2n) is 4.81. The summed E-state index contributed by atoms with van der Waals surface area (Å²) in [6.45, 7) is 0. The number of hydrogen-bond acceptors (Lipinski definition) is 5. The molecule has 0 radical (unpaired) electrons. The molecule has 0 bridgehead atoms. The van der Waals surface area contributed by atoms with Crippen LogP contribution in [0.5, 0.6) is 0 Å². The van der Waals surface area contributed by atoms with Crippen LogP contribution >= 0.6 is 34.4 Å². The number of halogens is 1. The molecule has 8 heteroatoms.